The van der Waals surface area contributed by atoms with Gasteiger partial charge in [-0.25, -0.2) is 9.37 Å². The number of hydrogen-bond donors (Lipinski definition) is 0. The third-order valence-corrected chi connectivity index (χ3v) is 2.95. The second-order valence-corrected chi connectivity index (χ2v) is 3.97. The molecule has 2 aromatic heterocycles. The Balaban J connectivity index is 2.57. The smallest absolute Gasteiger partial charge is 0.125 e. The Kier molecular flexibility index (Phi) is 1.88. The molecule has 1 aromatic carbocycles. The van der Waals surface area contributed by atoms with Gasteiger partial charge in [0.15, 0.2) is 0 Å². The minimum Gasteiger partial charge on any atom is -0.265 e. The third-order valence-electron chi connectivity index (χ3n) is 2.56. The molecule has 0 aliphatic carbocycles. The van der Waals surface area contributed by atoms with Crippen molar-refractivity contribution in [2.45, 2.75) is 0 Å². The van der Waals surface area contributed by atoms with E-state index in [2.05, 4.69) is 10.1 Å². The molecule has 2 heterocycles. The maximum Gasteiger partial charge on any atom is 0.125 e. The van der Waals surface area contributed by atoms with Crippen molar-refractivity contribution >= 4 is 33.5 Å². The Bertz CT molecular complexity index is 705. The van der Waals surface area contributed by atoms with Crippen LogP contribution in [0, 0.1) is 5.82 Å². The van der Waals surface area contributed by atoms with Crippen LogP contribution in [-0.4, -0.2) is 14.8 Å². The minimum atomic E-state index is -0.320. The average Bonchev–Trinajstić information content (AvgIpc) is 2.60. The molecular formula is C11H7ClFN3. The van der Waals surface area contributed by atoms with Gasteiger partial charge in [-0.2, -0.15) is 5.10 Å². The molecule has 0 radical (unpaired) electrons. The van der Waals surface area contributed by atoms with E-state index < -0.39 is 0 Å². The topological polar surface area (TPSA) is 30.7 Å². The van der Waals surface area contributed by atoms with Crippen molar-refractivity contribution in [1.82, 2.24) is 14.8 Å². The second kappa shape index (κ2) is 3.15. The lowest BCUT2D eigenvalue weighted by atomic mass is 10.2. The third kappa shape index (κ3) is 1.20. The zero-order chi connectivity index (χ0) is 11.3. The summed E-state index contributed by atoms with van der Waals surface area (Å²) in [7, 11) is 1.80. The normalized spacial score (nSPS) is 11.4. The lowest BCUT2D eigenvalue weighted by molar-refractivity contribution is 0.629. The molecule has 0 fully saturated rings. The standard InChI is InChI=1S/C11H7ClFN3/c1-16-11-9(5-14-16)15-8-4-6(13)2-3-7(8)10(11)12/h2-5H,1H3. The molecule has 0 aliphatic heterocycles. The Morgan fingerprint density at radius 1 is 1.31 bits per heavy atom. The summed E-state index contributed by atoms with van der Waals surface area (Å²) in [6.07, 6.45) is 1.62. The Morgan fingerprint density at radius 3 is 2.94 bits per heavy atom. The van der Waals surface area contributed by atoms with Crippen molar-refractivity contribution in [3.8, 4) is 0 Å². The van der Waals surface area contributed by atoms with E-state index in [0.717, 1.165) is 10.9 Å². The lowest BCUT2D eigenvalue weighted by Gasteiger charge is -2.03. The first-order chi connectivity index (χ1) is 7.66. The highest BCUT2D eigenvalue weighted by molar-refractivity contribution is 6.39. The van der Waals surface area contributed by atoms with E-state index in [1.165, 1.54) is 12.1 Å². The molecule has 80 valence electrons. The number of hydrogen-bond acceptors (Lipinski definition) is 2. The predicted octanol–water partition coefficient (Wildman–Crippen LogP) is 2.91. The van der Waals surface area contributed by atoms with E-state index in [1.54, 1.807) is 24.0 Å². The Hall–Kier alpha value is -1.68. The SMILES string of the molecule is Cn1ncc2nc3cc(F)ccc3c(Cl)c21. The van der Waals surface area contributed by atoms with Crippen molar-refractivity contribution in [2.24, 2.45) is 7.05 Å². The van der Waals surface area contributed by atoms with Crippen LogP contribution in [0.3, 0.4) is 0 Å². The van der Waals surface area contributed by atoms with Gasteiger partial charge in [0.1, 0.15) is 16.9 Å². The van der Waals surface area contributed by atoms with E-state index in [1.807, 2.05) is 0 Å². The number of nitrogens with zero attached hydrogens (tertiary/aromatic N) is 3. The van der Waals surface area contributed by atoms with Gasteiger partial charge in [0, 0.05) is 18.5 Å². The summed E-state index contributed by atoms with van der Waals surface area (Å²) in [5, 5.41) is 5.37. The van der Waals surface area contributed by atoms with Crippen LogP contribution in [0.5, 0.6) is 0 Å². The zero-order valence-electron chi connectivity index (χ0n) is 8.41. The number of rotatable bonds is 0. The van der Waals surface area contributed by atoms with Crippen LogP contribution in [0.1, 0.15) is 0 Å². The van der Waals surface area contributed by atoms with Crippen molar-refractivity contribution in [3.63, 3.8) is 0 Å². The van der Waals surface area contributed by atoms with Crippen LogP contribution in [0.4, 0.5) is 4.39 Å². The quantitative estimate of drug-likeness (QED) is 0.600. The van der Waals surface area contributed by atoms with Gasteiger partial charge < -0.3 is 0 Å². The van der Waals surface area contributed by atoms with Crippen molar-refractivity contribution in [1.29, 1.82) is 0 Å². The van der Waals surface area contributed by atoms with Crippen LogP contribution in [0.15, 0.2) is 24.4 Å². The molecule has 16 heavy (non-hydrogen) atoms. The minimum absolute atomic E-state index is 0.320. The van der Waals surface area contributed by atoms with Gasteiger partial charge in [0.2, 0.25) is 0 Å². The monoisotopic (exact) mass is 235 g/mol. The molecule has 0 saturated carbocycles. The predicted molar refractivity (Wildman–Crippen MR) is 61.0 cm³/mol. The molecule has 3 aromatic rings. The van der Waals surface area contributed by atoms with Gasteiger partial charge in [-0.1, -0.05) is 11.6 Å². The summed E-state index contributed by atoms with van der Waals surface area (Å²) in [6.45, 7) is 0. The summed E-state index contributed by atoms with van der Waals surface area (Å²) in [4.78, 5) is 4.31. The van der Waals surface area contributed by atoms with Crippen LogP contribution in [-0.2, 0) is 7.05 Å². The summed E-state index contributed by atoms with van der Waals surface area (Å²) >= 11 is 6.25. The molecule has 0 N–H and O–H groups in total. The highest BCUT2D eigenvalue weighted by Crippen LogP contribution is 2.29. The van der Waals surface area contributed by atoms with Gasteiger partial charge in [-0.05, 0) is 12.1 Å². The fraction of sp³-hybridized carbons (Fsp3) is 0.0909. The highest BCUT2D eigenvalue weighted by Gasteiger charge is 2.11. The molecular weight excluding hydrogens is 229 g/mol. The first-order valence-electron chi connectivity index (χ1n) is 4.73. The number of aryl methyl sites for hydroxylation is 1. The first-order valence-corrected chi connectivity index (χ1v) is 5.11. The van der Waals surface area contributed by atoms with Gasteiger partial charge in [0.25, 0.3) is 0 Å². The highest BCUT2D eigenvalue weighted by atomic mass is 35.5. The lowest BCUT2D eigenvalue weighted by Crippen LogP contribution is -1.91. The zero-order valence-corrected chi connectivity index (χ0v) is 9.16. The molecule has 0 aliphatic rings. The van der Waals surface area contributed by atoms with Crippen molar-refractivity contribution in [2.75, 3.05) is 0 Å². The summed E-state index contributed by atoms with van der Waals surface area (Å²) in [5.74, 6) is -0.320. The van der Waals surface area contributed by atoms with Crippen LogP contribution >= 0.6 is 11.6 Å². The average molecular weight is 236 g/mol. The van der Waals surface area contributed by atoms with Gasteiger partial charge in [-0.3, -0.25) is 4.68 Å². The molecule has 0 amide bonds. The molecule has 3 rings (SSSR count). The number of aromatic nitrogens is 3. The van der Waals surface area contributed by atoms with Gasteiger partial charge >= 0.3 is 0 Å². The summed E-state index contributed by atoms with van der Waals surface area (Å²) in [6, 6.07) is 4.37. The molecule has 3 nitrogen and oxygen atoms in total. The van der Waals surface area contributed by atoms with E-state index in [9.17, 15) is 4.39 Å². The van der Waals surface area contributed by atoms with Gasteiger partial charge in [0.05, 0.1) is 16.7 Å². The number of fused-ring (bicyclic) bond motifs is 2. The maximum atomic E-state index is 13.1. The largest absolute Gasteiger partial charge is 0.265 e. The van der Waals surface area contributed by atoms with E-state index in [0.29, 0.717) is 16.1 Å². The van der Waals surface area contributed by atoms with E-state index in [4.69, 9.17) is 11.6 Å². The molecule has 0 bridgehead atoms. The number of benzene rings is 1. The molecule has 0 saturated heterocycles. The summed E-state index contributed by atoms with van der Waals surface area (Å²) in [5.41, 5.74) is 1.98. The summed E-state index contributed by atoms with van der Waals surface area (Å²) < 4.78 is 14.7. The fourth-order valence-corrected chi connectivity index (χ4v) is 2.18. The van der Waals surface area contributed by atoms with Crippen LogP contribution in [0.25, 0.3) is 21.9 Å². The van der Waals surface area contributed by atoms with Crippen molar-refractivity contribution < 1.29 is 4.39 Å². The Labute approximate surface area is 95.5 Å². The molecule has 0 unspecified atom stereocenters. The number of pyridine rings is 1. The molecule has 0 spiro atoms. The van der Waals surface area contributed by atoms with Crippen molar-refractivity contribution in [3.05, 3.63) is 35.2 Å². The van der Waals surface area contributed by atoms with Gasteiger partial charge in [-0.15, -0.1) is 0 Å². The Morgan fingerprint density at radius 2 is 2.12 bits per heavy atom. The van der Waals surface area contributed by atoms with Crippen LogP contribution < -0.4 is 0 Å². The fourth-order valence-electron chi connectivity index (χ4n) is 1.80. The van der Waals surface area contributed by atoms with E-state index in [-0.39, 0.29) is 5.82 Å². The van der Waals surface area contributed by atoms with Crippen LogP contribution in [0.2, 0.25) is 5.02 Å². The second-order valence-electron chi connectivity index (χ2n) is 3.59. The molecule has 0 atom stereocenters. The number of halogens is 2. The first kappa shape index (κ1) is 9.54. The molecule has 5 heteroatoms. The van der Waals surface area contributed by atoms with E-state index >= 15 is 0 Å². The maximum absolute atomic E-state index is 13.1.